The second-order valence-electron chi connectivity index (χ2n) is 10.4. The quantitative estimate of drug-likeness (QED) is 0.177. The fourth-order valence-electron chi connectivity index (χ4n) is 5.89. The molecule has 0 bridgehead atoms. The van der Waals surface area contributed by atoms with E-state index in [1.807, 2.05) is 37.4 Å². The van der Waals surface area contributed by atoms with Crippen molar-refractivity contribution in [1.82, 2.24) is 19.4 Å². The molecule has 2 aromatic heterocycles. The summed E-state index contributed by atoms with van der Waals surface area (Å²) in [5, 5.41) is 13.6. The van der Waals surface area contributed by atoms with Gasteiger partial charge in [0.2, 0.25) is 12.2 Å². The summed E-state index contributed by atoms with van der Waals surface area (Å²) in [7, 11) is 4.13. The van der Waals surface area contributed by atoms with Gasteiger partial charge in [-0.05, 0) is 62.6 Å². The number of amides is 1. The van der Waals surface area contributed by atoms with Crippen LogP contribution in [0.5, 0.6) is 5.75 Å². The molecule has 208 valence electrons. The largest absolute Gasteiger partial charge is 0.508 e. The highest BCUT2D eigenvalue weighted by Crippen LogP contribution is 2.29. The van der Waals surface area contributed by atoms with E-state index in [1.54, 1.807) is 18.2 Å². The number of ketones is 1. The summed E-state index contributed by atoms with van der Waals surface area (Å²) in [5.74, 6) is 0.904. The number of likely N-dealkylation sites (N-methyl/N-ethyl adjacent to an activating group) is 1. The van der Waals surface area contributed by atoms with Gasteiger partial charge >= 0.3 is 0 Å². The molecule has 1 aliphatic heterocycles. The first-order valence-corrected chi connectivity index (χ1v) is 13.8. The standard InChI is InChI=1S/C31H36N6O3/c1-4-27-30(24-7-5-6-8-28(24)36(27)3)31(40)26-18-29(33-19-32-26)37-15-12-22(13-16-37)35(2)14-11-21-17-23(39)9-10-25(21)34-20-38/h5-10,17-20,22,39H,4,11-16H2,1-3H3,(H,34,38). The number of anilines is 2. The Kier molecular flexibility index (Phi) is 8.11. The van der Waals surface area contributed by atoms with Gasteiger partial charge in [-0.15, -0.1) is 0 Å². The molecule has 40 heavy (non-hydrogen) atoms. The molecule has 0 aliphatic carbocycles. The lowest BCUT2D eigenvalue weighted by molar-refractivity contribution is -0.105. The minimum absolute atomic E-state index is 0.0673. The Morgan fingerprint density at radius 3 is 2.67 bits per heavy atom. The number of carbonyl (C=O) groups excluding carboxylic acids is 2. The van der Waals surface area contributed by atoms with Crippen molar-refractivity contribution in [2.24, 2.45) is 7.05 Å². The molecule has 1 fully saturated rings. The highest BCUT2D eigenvalue weighted by atomic mass is 16.3. The number of aryl methyl sites for hydroxylation is 1. The number of hydrogen-bond donors (Lipinski definition) is 2. The molecule has 0 radical (unpaired) electrons. The van der Waals surface area contributed by atoms with E-state index in [1.165, 1.54) is 6.33 Å². The highest BCUT2D eigenvalue weighted by molar-refractivity contribution is 6.17. The number of hydrogen-bond acceptors (Lipinski definition) is 7. The van der Waals surface area contributed by atoms with Crippen LogP contribution in [0.3, 0.4) is 0 Å². The minimum atomic E-state index is -0.0673. The predicted molar refractivity (Wildman–Crippen MR) is 157 cm³/mol. The molecular weight excluding hydrogens is 504 g/mol. The van der Waals surface area contributed by atoms with Gasteiger partial charge in [-0.1, -0.05) is 25.1 Å². The van der Waals surface area contributed by atoms with Crippen molar-refractivity contribution < 1.29 is 14.7 Å². The van der Waals surface area contributed by atoms with E-state index in [0.717, 1.165) is 78.1 Å². The van der Waals surface area contributed by atoms with Gasteiger partial charge in [0.05, 0.1) is 5.56 Å². The van der Waals surface area contributed by atoms with Crippen molar-refractivity contribution in [3.05, 3.63) is 77.4 Å². The van der Waals surface area contributed by atoms with Crippen molar-refractivity contribution in [3.63, 3.8) is 0 Å². The van der Waals surface area contributed by atoms with Crippen molar-refractivity contribution >= 4 is 34.6 Å². The molecule has 4 aromatic rings. The molecule has 2 aromatic carbocycles. The number of phenols is 1. The molecule has 0 atom stereocenters. The third-order valence-electron chi connectivity index (χ3n) is 8.12. The zero-order valence-corrected chi connectivity index (χ0v) is 23.3. The number of aromatic hydroxyl groups is 1. The smallest absolute Gasteiger partial charge is 0.213 e. The SMILES string of the molecule is CCc1c(C(=O)c2cc(N3CCC(N(C)CCc4cc(O)ccc4NC=O)CC3)ncn2)c2ccccc2n1C. The van der Waals surface area contributed by atoms with Gasteiger partial charge in [0.1, 0.15) is 23.6 Å². The number of carbonyl (C=O) groups is 2. The third kappa shape index (κ3) is 5.42. The lowest BCUT2D eigenvalue weighted by Gasteiger charge is -2.37. The van der Waals surface area contributed by atoms with Crippen LogP contribution in [0.25, 0.3) is 10.9 Å². The van der Waals surface area contributed by atoms with Gasteiger partial charge in [0.15, 0.2) is 0 Å². The summed E-state index contributed by atoms with van der Waals surface area (Å²) < 4.78 is 2.10. The zero-order valence-electron chi connectivity index (χ0n) is 23.3. The van der Waals surface area contributed by atoms with E-state index in [9.17, 15) is 14.7 Å². The Labute approximate surface area is 234 Å². The Morgan fingerprint density at radius 2 is 1.93 bits per heavy atom. The average molecular weight is 541 g/mol. The molecule has 1 saturated heterocycles. The van der Waals surface area contributed by atoms with E-state index in [-0.39, 0.29) is 11.5 Å². The Morgan fingerprint density at radius 1 is 1.15 bits per heavy atom. The van der Waals surface area contributed by atoms with Crippen LogP contribution in [0, 0.1) is 0 Å². The van der Waals surface area contributed by atoms with Crippen LogP contribution in [-0.4, -0.2) is 69.5 Å². The number of phenolic OH excluding ortho intramolecular Hbond substituents is 1. The van der Waals surface area contributed by atoms with E-state index in [0.29, 0.717) is 24.6 Å². The first-order chi connectivity index (χ1) is 19.4. The molecule has 1 amide bonds. The van der Waals surface area contributed by atoms with Gasteiger partial charge in [-0.25, -0.2) is 9.97 Å². The van der Waals surface area contributed by atoms with Crippen LogP contribution < -0.4 is 10.2 Å². The number of piperidine rings is 1. The summed E-state index contributed by atoms with van der Waals surface area (Å²) in [6, 6.07) is 15.3. The van der Waals surface area contributed by atoms with Crippen LogP contribution in [0.4, 0.5) is 11.5 Å². The lowest BCUT2D eigenvalue weighted by Crippen LogP contribution is -2.44. The van der Waals surface area contributed by atoms with Gasteiger partial charge in [-0.2, -0.15) is 0 Å². The summed E-state index contributed by atoms with van der Waals surface area (Å²) in [4.78, 5) is 38.1. The van der Waals surface area contributed by atoms with Gasteiger partial charge in [-0.3, -0.25) is 9.59 Å². The van der Waals surface area contributed by atoms with E-state index >= 15 is 0 Å². The van der Waals surface area contributed by atoms with Crippen molar-refractivity contribution in [3.8, 4) is 5.75 Å². The van der Waals surface area contributed by atoms with Gasteiger partial charge in [0.25, 0.3) is 0 Å². The summed E-state index contributed by atoms with van der Waals surface area (Å²) in [6.45, 7) is 4.54. The fourth-order valence-corrected chi connectivity index (χ4v) is 5.89. The zero-order chi connectivity index (χ0) is 28.2. The number of benzene rings is 2. The molecule has 0 saturated carbocycles. The Hall–Kier alpha value is -4.24. The number of nitrogens with one attached hydrogen (secondary N) is 1. The molecule has 2 N–H and O–H groups in total. The number of aromatic nitrogens is 3. The van der Waals surface area contributed by atoms with Gasteiger partial charge < -0.3 is 24.8 Å². The normalized spacial score (nSPS) is 14.2. The van der Waals surface area contributed by atoms with Crippen LogP contribution in [0.1, 0.15) is 47.1 Å². The molecule has 5 rings (SSSR count). The molecule has 0 unspecified atom stereocenters. The topological polar surface area (TPSA) is 104 Å². The predicted octanol–water partition coefficient (Wildman–Crippen LogP) is 4.18. The minimum Gasteiger partial charge on any atom is -0.508 e. The highest BCUT2D eigenvalue weighted by Gasteiger charge is 2.26. The van der Waals surface area contributed by atoms with Crippen LogP contribution >= 0.6 is 0 Å². The second-order valence-corrected chi connectivity index (χ2v) is 10.4. The first-order valence-electron chi connectivity index (χ1n) is 13.8. The van der Waals surface area contributed by atoms with Crippen LogP contribution in [0.15, 0.2) is 54.9 Å². The Balaban J connectivity index is 1.25. The van der Waals surface area contributed by atoms with Crippen molar-refractivity contribution in [2.75, 3.05) is 36.9 Å². The second kappa shape index (κ2) is 11.9. The Bertz CT molecular complexity index is 1520. The number of rotatable bonds is 10. The maximum Gasteiger partial charge on any atom is 0.213 e. The fraction of sp³-hybridized carbons (Fsp3) is 0.355. The third-order valence-corrected chi connectivity index (χ3v) is 8.12. The van der Waals surface area contributed by atoms with E-state index < -0.39 is 0 Å². The van der Waals surface area contributed by atoms with E-state index in [4.69, 9.17) is 0 Å². The summed E-state index contributed by atoms with van der Waals surface area (Å²) in [5.41, 5.74) is 4.83. The maximum atomic E-state index is 13.7. The molecule has 0 spiro atoms. The van der Waals surface area contributed by atoms with Crippen molar-refractivity contribution in [2.45, 2.75) is 38.6 Å². The van der Waals surface area contributed by atoms with Crippen molar-refractivity contribution in [1.29, 1.82) is 0 Å². The average Bonchev–Trinajstić information content (AvgIpc) is 3.28. The molecular formula is C31H36N6O3. The number of para-hydroxylation sites is 1. The number of nitrogens with zero attached hydrogens (tertiary/aromatic N) is 5. The molecule has 3 heterocycles. The van der Waals surface area contributed by atoms with E-state index in [2.05, 4.69) is 43.6 Å². The molecule has 9 nitrogen and oxygen atoms in total. The van der Waals surface area contributed by atoms with Crippen LogP contribution in [-0.2, 0) is 24.7 Å². The number of fused-ring (bicyclic) bond motifs is 1. The molecule has 9 heteroatoms. The van der Waals surface area contributed by atoms with Crippen LogP contribution in [0.2, 0.25) is 0 Å². The monoisotopic (exact) mass is 540 g/mol. The molecule has 1 aliphatic rings. The first kappa shape index (κ1) is 27.3. The maximum absolute atomic E-state index is 13.7. The summed E-state index contributed by atoms with van der Waals surface area (Å²) >= 11 is 0. The van der Waals surface area contributed by atoms with Gasteiger partial charge in [0, 0.05) is 61.1 Å². The summed E-state index contributed by atoms with van der Waals surface area (Å²) in [6.07, 6.45) is 5.56. The lowest BCUT2D eigenvalue weighted by atomic mass is 10.0.